The van der Waals surface area contributed by atoms with Gasteiger partial charge in [0.2, 0.25) is 5.75 Å². The van der Waals surface area contributed by atoms with Gasteiger partial charge in [-0.05, 0) is 12.5 Å². The lowest BCUT2D eigenvalue weighted by atomic mass is 10.3. The Balaban J connectivity index is 2.69. The summed E-state index contributed by atoms with van der Waals surface area (Å²) in [5.41, 5.74) is 5.01. The van der Waals surface area contributed by atoms with Crippen LogP contribution in [0.3, 0.4) is 0 Å². The molecule has 0 unspecified atom stereocenters. The number of amidine groups is 1. The predicted molar refractivity (Wildman–Crippen MR) is 64.7 cm³/mol. The first-order chi connectivity index (χ1) is 8.02. The third-order valence-corrected chi connectivity index (χ3v) is 2.28. The average Bonchev–Trinajstić information content (AvgIpc) is 2.25. The number of nitro benzene ring substituents is 1. The molecule has 1 rings (SSSR count). The molecule has 0 saturated heterocycles. The Labute approximate surface area is 103 Å². The standard InChI is InChI=1S/C10H12ClN3O3/c11-7-3-1-4-8(14(15)16)10(7)17-6-2-5-9(12)13/h1,3-4H,2,5-6H2,(H3,12,13). The molecule has 3 N–H and O–H groups in total. The molecule has 17 heavy (non-hydrogen) atoms. The van der Waals surface area contributed by atoms with Crippen molar-refractivity contribution in [1.29, 1.82) is 5.41 Å². The first kappa shape index (κ1) is 13.2. The van der Waals surface area contributed by atoms with Gasteiger partial charge >= 0.3 is 5.69 Å². The van der Waals surface area contributed by atoms with Crippen molar-refractivity contribution < 1.29 is 9.66 Å². The van der Waals surface area contributed by atoms with Crippen LogP contribution in [0.1, 0.15) is 12.8 Å². The summed E-state index contributed by atoms with van der Waals surface area (Å²) in [5, 5.41) is 17.9. The molecule has 0 amide bonds. The van der Waals surface area contributed by atoms with Gasteiger partial charge in [-0.2, -0.15) is 0 Å². The van der Waals surface area contributed by atoms with Crippen molar-refractivity contribution >= 4 is 23.1 Å². The normalized spacial score (nSPS) is 9.94. The van der Waals surface area contributed by atoms with Crippen molar-refractivity contribution in [2.75, 3.05) is 6.61 Å². The summed E-state index contributed by atoms with van der Waals surface area (Å²) in [7, 11) is 0. The number of ether oxygens (including phenoxy) is 1. The lowest BCUT2D eigenvalue weighted by Crippen LogP contribution is -2.11. The molecule has 7 heteroatoms. The number of hydrogen-bond acceptors (Lipinski definition) is 4. The molecule has 0 spiro atoms. The molecule has 0 saturated carbocycles. The molecule has 0 atom stereocenters. The zero-order chi connectivity index (χ0) is 12.8. The fourth-order valence-electron chi connectivity index (χ4n) is 1.22. The molecule has 6 nitrogen and oxygen atoms in total. The Morgan fingerprint density at radius 1 is 1.59 bits per heavy atom. The summed E-state index contributed by atoms with van der Waals surface area (Å²) in [6, 6.07) is 4.34. The summed E-state index contributed by atoms with van der Waals surface area (Å²) < 4.78 is 5.25. The van der Waals surface area contributed by atoms with Crippen LogP contribution in [0.2, 0.25) is 5.02 Å². The van der Waals surface area contributed by atoms with Crippen LogP contribution in [0, 0.1) is 15.5 Å². The number of para-hydroxylation sites is 1. The minimum atomic E-state index is -0.549. The summed E-state index contributed by atoms with van der Waals surface area (Å²) in [6.07, 6.45) is 0.899. The van der Waals surface area contributed by atoms with Gasteiger partial charge in [-0.15, -0.1) is 0 Å². The van der Waals surface area contributed by atoms with E-state index in [0.717, 1.165) is 0 Å². The Hall–Kier alpha value is -1.82. The second-order valence-electron chi connectivity index (χ2n) is 3.32. The van der Waals surface area contributed by atoms with E-state index in [0.29, 0.717) is 12.8 Å². The summed E-state index contributed by atoms with van der Waals surface area (Å²) in [6.45, 7) is 0.226. The Morgan fingerprint density at radius 2 is 2.29 bits per heavy atom. The number of nitrogens with two attached hydrogens (primary N) is 1. The van der Waals surface area contributed by atoms with Crippen LogP contribution in [0.4, 0.5) is 5.69 Å². The highest BCUT2D eigenvalue weighted by atomic mass is 35.5. The van der Waals surface area contributed by atoms with E-state index in [2.05, 4.69) is 0 Å². The molecule has 92 valence electrons. The number of benzene rings is 1. The molecule has 0 bridgehead atoms. The van der Waals surface area contributed by atoms with E-state index < -0.39 is 4.92 Å². The largest absolute Gasteiger partial charge is 0.486 e. The van der Waals surface area contributed by atoms with Crippen LogP contribution in [-0.4, -0.2) is 17.4 Å². The maximum Gasteiger partial charge on any atom is 0.312 e. The van der Waals surface area contributed by atoms with Gasteiger partial charge in [0, 0.05) is 12.5 Å². The zero-order valence-electron chi connectivity index (χ0n) is 8.98. The van der Waals surface area contributed by atoms with Gasteiger partial charge in [-0.25, -0.2) is 0 Å². The molecule has 1 aromatic rings. The van der Waals surface area contributed by atoms with Crippen molar-refractivity contribution in [1.82, 2.24) is 0 Å². The predicted octanol–water partition coefficient (Wildman–Crippen LogP) is 2.34. The van der Waals surface area contributed by atoms with E-state index in [1.54, 1.807) is 0 Å². The minimum absolute atomic E-state index is 0.0576. The second kappa shape index (κ2) is 6.05. The minimum Gasteiger partial charge on any atom is -0.486 e. The molecule has 0 aliphatic carbocycles. The highest BCUT2D eigenvalue weighted by molar-refractivity contribution is 6.32. The summed E-state index contributed by atoms with van der Waals surface area (Å²) in [4.78, 5) is 10.2. The van der Waals surface area contributed by atoms with Crippen LogP contribution in [0.15, 0.2) is 18.2 Å². The fraction of sp³-hybridized carbons (Fsp3) is 0.300. The van der Waals surface area contributed by atoms with E-state index >= 15 is 0 Å². The molecule has 0 fully saturated rings. The van der Waals surface area contributed by atoms with Gasteiger partial charge in [-0.1, -0.05) is 17.7 Å². The van der Waals surface area contributed by atoms with Gasteiger partial charge in [0.1, 0.15) is 0 Å². The first-order valence-corrected chi connectivity index (χ1v) is 5.28. The molecular formula is C10H12ClN3O3. The smallest absolute Gasteiger partial charge is 0.312 e. The molecule has 0 radical (unpaired) electrons. The number of hydrogen-bond donors (Lipinski definition) is 2. The van der Waals surface area contributed by atoms with E-state index in [1.807, 2.05) is 0 Å². The number of nitro groups is 1. The van der Waals surface area contributed by atoms with Crippen molar-refractivity contribution in [2.45, 2.75) is 12.8 Å². The van der Waals surface area contributed by atoms with Gasteiger partial charge in [0.15, 0.2) is 0 Å². The Morgan fingerprint density at radius 3 is 2.88 bits per heavy atom. The van der Waals surface area contributed by atoms with Crippen LogP contribution >= 0.6 is 11.6 Å². The second-order valence-corrected chi connectivity index (χ2v) is 3.73. The number of nitrogens with zero attached hydrogens (tertiary/aromatic N) is 1. The van der Waals surface area contributed by atoms with Crippen LogP contribution < -0.4 is 10.5 Å². The van der Waals surface area contributed by atoms with Gasteiger partial charge in [0.25, 0.3) is 0 Å². The topological polar surface area (TPSA) is 102 Å². The van der Waals surface area contributed by atoms with Crippen LogP contribution in [0.5, 0.6) is 5.75 Å². The summed E-state index contributed by atoms with van der Waals surface area (Å²) in [5.74, 6) is 0.116. The fourth-order valence-corrected chi connectivity index (χ4v) is 1.45. The first-order valence-electron chi connectivity index (χ1n) is 4.91. The highest BCUT2D eigenvalue weighted by Crippen LogP contribution is 2.34. The van der Waals surface area contributed by atoms with Crippen LogP contribution in [0.25, 0.3) is 0 Å². The van der Waals surface area contributed by atoms with Gasteiger partial charge < -0.3 is 10.5 Å². The summed E-state index contributed by atoms with van der Waals surface area (Å²) >= 11 is 5.82. The van der Waals surface area contributed by atoms with E-state index in [9.17, 15) is 10.1 Å². The van der Waals surface area contributed by atoms with Crippen LogP contribution in [-0.2, 0) is 0 Å². The molecule has 0 aliphatic rings. The monoisotopic (exact) mass is 257 g/mol. The third-order valence-electron chi connectivity index (χ3n) is 1.98. The van der Waals surface area contributed by atoms with Crippen molar-refractivity contribution in [3.8, 4) is 5.75 Å². The zero-order valence-corrected chi connectivity index (χ0v) is 9.74. The van der Waals surface area contributed by atoms with E-state index in [4.69, 9.17) is 27.5 Å². The average molecular weight is 258 g/mol. The number of nitrogens with one attached hydrogen (secondary N) is 1. The molecule has 0 heterocycles. The maximum absolute atomic E-state index is 10.7. The molecule has 1 aromatic carbocycles. The van der Waals surface area contributed by atoms with E-state index in [-0.39, 0.29) is 28.9 Å². The van der Waals surface area contributed by atoms with Gasteiger partial charge in [-0.3, -0.25) is 15.5 Å². The number of rotatable bonds is 6. The quantitative estimate of drug-likeness (QED) is 0.268. The Kier molecular flexibility index (Phi) is 4.71. The van der Waals surface area contributed by atoms with Crippen molar-refractivity contribution in [2.24, 2.45) is 5.73 Å². The lowest BCUT2D eigenvalue weighted by molar-refractivity contribution is -0.385. The molecule has 0 aromatic heterocycles. The van der Waals surface area contributed by atoms with Crippen molar-refractivity contribution in [3.05, 3.63) is 33.3 Å². The van der Waals surface area contributed by atoms with Gasteiger partial charge in [0.05, 0.1) is 22.4 Å². The molecular weight excluding hydrogens is 246 g/mol. The molecule has 0 aliphatic heterocycles. The van der Waals surface area contributed by atoms with E-state index in [1.165, 1.54) is 18.2 Å². The lowest BCUT2D eigenvalue weighted by Gasteiger charge is -2.07. The Bertz CT molecular complexity index is 437. The number of halogens is 1. The third kappa shape index (κ3) is 3.92. The van der Waals surface area contributed by atoms with Crippen molar-refractivity contribution in [3.63, 3.8) is 0 Å². The maximum atomic E-state index is 10.7. The highest BCUT2D eigenvalue weighted by Gasteiger charge is 2.17. The SMILES string of the molecule is N=C(N)CCCOc1c(Cl)cccc1[N+](=O)[O-].